The van der Waals surface area contributed by atoms with Crippen LogP contribution in [0.25, 0.3) is 22.4 Å². The molecule has 0 fully saturated rings. The molecule has 27 heavy (non-hydrogen) atoms. The van der Waals surface area contributed by atoms with Gasteiger partial charge in [-0.3, -0.25) is 0 Å². The molecule has 0 aliphatic carbocycles. The van der Waals surface area contributed by atoms with Crippen LogP contribution in [0.4, 0.5) is 4.39 Å². The van der Waals surface area contributed by atoms with Crippen molar-refractivity contribution >= 4 is 22.9 Å². The van der Waals surface area contributed by atoms with Crippen LogP contribution in [0.2, 0.25) is 0 Å². The predicted molar refractivity (Wildman–Crippen MR) is 99.4 cm³/mol. The molecule has 0 unspecified atom stereocenters. The van der Waals surface area contributed by atoms with Gasteiger partial charge in [0.1, 0.15) is 5.82 Å². The molecule has 0 aliphatic heterocycles. The summed E-state index contributed by atoms with van der Waals surface area (Å²) in [6.07, 6.45) is 0. The van der Waals surface area contributed by atoms with Crippen molar-refractivity contribution < 1.29 is 18.1 Å². The van der Waals surface area contributed by atoms with Crippen molar-refractivity contribution in [1.82, 2.24) is 14.7 Å². The molecular formula is C19H16FN3O3S. The maximum absolute atomic E-state index is 13.2. The van der Waals surface area contributed by atoms with Gasteiger partial charge in [0.2, 0.25) is 11.7 Å². The second kappa shape index (κ2) is 7.51. The van der Waals surface area contributed by atoms with E-state index >= 15 is 0 Å². The van der Waals surface area contributed by atoms with Crippen molar-refractivity contribution in [1.29, 1.82) is 0 Å². The molecule has 138 valence electrons. The molecule has 4 rings (SSSR count). The molecule has 0 aliphatic rings. The summed E-state index contributed by atoms with van der Waals surface area (Å²) in [5, 5.41) is 5.05. The lowest BCUT2D eigenvalue weighted by Crippen LogP contribution is -2.02. The van der Waals surface area contributed by atoms with Gasteiger partial charge in [-0.2, -0.15) is 9.32 Å². The Kier molecular flexibility index (Phi) is 4.93. The third-order valence-electron chi connectivity index (χ3n) is 4.08. The van der Waals surface area contributed by atoms with E-state index < -0.39 is 0 Å². The Morgan fingerprint density at radius 1 is 1.15 bits per heavy atom. The molecule has 0 bridgehead atoms. The van der Waals surface area contributed by atoms with Crippen molar-refractivity contribution in [2.24, 2.45) is 0 Å². The number of benzene rings is 2. The first-order chi connectivity index (χ1) is 13.1. The minimum Gasteiger partial charge on any atom is -0.339 e. The SMILES string of the molecule is COOSc1ccc2c(c1)cc(-c1noc(C)n1)n2Cc1ccc(F)cc1. The highest BCUT2D eigenvalue weighted by Crippen LogP contribution is 2.31. The first kappa shape index (κ1) is 17.7. The summed E-state index contributed by atoms with van der Waals surface area (Å²) in [5.41, 5.74) is 2.79. The number of nitrogens with zero attached hydrogens (tertiary/aromatic N) is 3. The molecule has 8 heteroatoms. The van der Waals surface area contributed by atoms with Gasteiger partial charge in [0.15, 0.2) is 0 Å². The Bertz CT molecular complexity index is 1080. The Morgan fingerprint density at radius 3 is 2.67 bits per heavy atom. The van der Waals surface area contributed by atoms with Gasteiger partial charge in [0.05, 0.1) is 24.8 Å². The van der Waals surface area contributed by atoms with Gasteiger partial charge in [-0.05, 0) is 42.0 Å². The van der Waals surface area contributed by atoms with Gasteiger partial charge in [0, 0.05) is 29.3 Å². The molecule has 2 heterocycles. The van der Waals surface area contributed by atoms with Gasteiger partial charge in [0.25, 0.3) is 0 Å². The molecule has 4 aromatic rings. The molecule has 2 aromatic heterocycles. The summed E-state index contributed by atoms with van der Waals surface area (Å²) in [6.45, 7) is 2.30. The van der Waals surface area contributed by atoms with Crippen molar-refractivity contribution in [2.75, 3.05) is 7.11 Å². The van der Waals surface area contributed by atoms with E-state index in [9.17, 15) is 4.39 Å². The largest absolute Gasteiger partial charge is 0.339 e. The van der Waals surface area contributed by atoms with Crippen LogP contribution in [-0.2, 0) is 15.8 Å². The van der Waals surface area contributed by atoms with E-state index in [1.807, 2.05) is 24.3 Å². The molecule has 0 saturated heterocycles. The molecule has 0 spiro atoms. The first-order valence-electron chi connectivity index (χ1n) is 8.20. The number of aryl methyl sites for hydroxylation is 1. The second-order valence-corrected chi connectivity index (χ2v) is 6.69. The van der Waals surface area contributed by atoms with Crippen LogP contribution >= 0.6 is 12.0 Å². The van der Waals surface area contributed by atoms with Gasteiger partial charge < -0.3 is 9.09 Å². The van der Waals surface area contributed by atoms with E-state index in [1.165, 1.54) is 19.2 Å². The monoisotopic (exact) mass is 385 g/mol. The number of hydrogen-bond donors (Lipinski definition) is 0. The average molecular weight is 385 g/mol. The molecule has 0 amide bonds. The van der Waals surface area contributed by atoms with Crippen LogP contribution in [0.5, 0.6) is 0 Å². The summed E-state index contributed by atoms with van der Waals surface area (Å²) < 4.78 is 25.4. The normalized spacial score (nSPS) is 11.4. The van der Waals surface area contributed by atoms with Gasteiger partial charge >= 0.3 is 0 Å². The van der Waals surface area contributed by atoms with E-state index in [0.29, 0.717) is 18.3 Å². The number of aromatic nitrogens is 3. The zero-order valence-corrected chi connectivity index (χ0v) is 15.5. The average Bonchev–Trinajstić information content (AvgIpc) is 3.25. The third kappa shape index (κ3) is 3.73. The third-order valence-corrected chi connectivity index (χ3v) is 4.73. The van der Waals surface area contributed by atoms with Crippen molar-refractivity contribution in [3.63, 3.8) is 0 Å². The zero-order valence-electron chi connectivity index (χ0n) is 14.7. The van der Waals surface area contributed by atoms with Crippen LogP contribution in [0.1, 0.15) is 11.5 Å². The van der Waals surface area contributed by atoms with Crippen LogP contribution < -0.4 is 0 Å². The van der Waals surface area contributed by atoms with Gasteiger partial charge in [-0.1, -0.05) is 17.3 Å². The predicted octanol–water partition coefficient (Wildman–Crippen LogP) is 4.77. The summed E-state index contributed by atoms with van der Waals surface area (Å²) in [7, 11) is 1.46. The van der Waals surface area contributed by atoms with Crippen LogP contribution in [0, 0.1) is 12.7 Å². The summed E-state index contributed by atoms with van der Waals surface area (Å²) in [6, 6.07) is 14.4. The van der Waals surface area contributed by atoms with Gasteiger partial charge in [-0.15, -0.1) is 0 Å². The Morgan fingerprint density at radius 2 is 1.96 bits per heavy atom. The highest BCUT2D eigenvalue weighted by atomic mass is 32.2. The van der Waals surface area contributed by atoms with Crippen LogP contribution in [0.15, 0.2) is 57.9 Å². The fourth-order valence-corrected chi connectivity index (χ4v) is 3.35. The lowest BCUT2D eigenvalue weighted by atomic mass is 10.2. The Labute approximate surface area is 159 Å². The molecule has 6 nitrogen and oxygen atoms in total. The van der Waals surface area contributed by atoms with E-state index in [2.05, 4.69) is 19.6 Å². The molecule has 0 saturated carbocycles. The molecule has 0 radical (unpaired) electrons. The van der Waals surface area contributed by atoms with E-state index in [-0.39, 0.29) is 5.82 Å². The molecule has 2 aromatic carbocycles. The number of rotatable bonds is 6. The van der Waals surface area contributed by atoms with E-state index in [1.54, 1.807) is 19.1 Å². The quantitative estimate of drug-likeness (QED) is 0.271. The molecular weight excluding hydrogens is 369 g/mol. The number of halogens is 1. The first-order valence-corrected chi connectivity index (χ1v) is 8.94. The summed E-state index contributed by atoms with van der Waals surface area (Å²) in [4.78, 5) is 9.90. The minimum absolute atomic E-state index is 0.259. The van der Waals surface area contributed by atoms with Gasteiger partial charge in [-0.25, -0.2) is 9.28 Å². The van der Waals surface area contributed by atoms with Crippen molar-refractivity contribution in [3.8, 4) is 11.5 Å². The maximum Gasteiger partial charge on any atom is 0.223 e. The standard InChI is InChI=1S/C19H16FN3O3S/c1-12-21-19(22-25-12)18-10-14-9-16(27-26-24-2)7-8-17(14)23(18)11-13-3-5-15(20)6-4-13/h3-10H,11H2,1-2H3. The summed E-state index contributed by atoms with van der Waals surface area (Å²) in [5.74, 6) is 0.742. The Balaban J connectivity index is 1.81. The topological polar surface area (TPSA) is 62.3 Å². The summed E-state index contributed by atoms with van der Waals surface area (Å²) >= 11 is 1.13. The highest BCUT2D eigenvalue weighted by molar-refractivity contribution is 7.94. The molecule has 0 N–H and O–H groups in total. The Hall–Kier alpha value is -2.68. The van der Waals surface area contributed by atoms with E-state index in [0.717, 1.165) is 39.1 Å². The smallest absolute Gasteiger partial charge is 0.223 e. The molecule has 0 atom stereocenters. The van der Waals surface area contributed by atoms with Crippen molar-refractivity contribution in [3.05, 3.63) is 65.8 Å². The number of fused-ring (bicyclic) bond motifs is 1. The fraction of sp³-hybridized carbons (Fsp3) is 0.158. The highest BCUT2D eigenvalue weighted by Gasteiger charge is 2.16. The minimum atomic E-state index is -0.259. The second-order valence-electron chi connectivity index (χ2n) is 5.92. The lowest BCUT2D eigenvalue weighted by molar-refractivity contribution is -0.160. The van der Waals surface area contributed by atoms with Crippen LogP contribution in [-0.4, -0.2) is 21.8 Å². The van der Waals surface area contributed by atoms with E-state index in [4.69, 9.17) is 8.86 Å². The fourth-order valence-electron chi connectivity index (χ4n) is 2.91. The maximum atomic E-state index is 13.2. The van der Waals surface area contributed by atoms with Crippen molar-refractivity contribution in [2.45, 2.75) is 18.4 Å². The number of hydrogen-bond acceptors (Lipinski definition) is 6. The zero-order chi connectivity index (χ0) is 18.8. The lowest BCUT2D eigenvalue weighted by Gasteiger charge is -2.09. The van der Waals surface area contributed by atoms with Crippen LogP contribution in [0.3, 0.4) is 0 Å².